The van der Waals surface area contributed by atoms with Crippen molar-refractivity contribution in [3.05, 3.63) is 24.3 Å². The average Bonchev–Trinajstić information content (AvgIpc) is 2.49. The summed E-state index contributed by atoms with van der Waals surface area (Å²) in [5, 5.41) is 0. The van der Waals surface area contributed by atoms with Crippen LogP contribution in [0.1, 0.15) is 32.1 Å². The maximum atomic E-state index is 6.07. The van der Waals surface area contributed by atoms with Gasteiger partial charge in [-0.25, -0.2) is 0 Å². The van der Waals surface area contributed by atoms with Crippen molar-refractivity contribution in [2.24, 2.45) is 0 Å². The van der Waals surface area contributed by atoms with Crippen LogP contribution in [0.3, 0.4) is 0 Å². The van der Waals surface area contributed by atoms with Gasteiger partial charge < -0.3 is 10.6 Å². The van der Waals surface area contributed by atoms with Gasteiger partial charge in [-0.2, -0.15) is 0 Å². The number of para-hydroxylation sites is 2. The van der Waals surface area contributed by atoms with Gasteiger partial charge in [-0.05, 0) is 25.0 Å². The number of nitrogens with two attached hydrogens (primary N) is 1. The molecule has 19 heavy (non-hydrogen) atoms. The van der Waals surface area contributed by atoms with Crippen LogP contribution in [0.5, 0.6) is 0 Å². The molecule has 1 saturated carbocycles. The Balaban J connectivity index is 1.58. The van der Waals surface area contributed by atoms with E-state index in [0.717, 1.165) is 24.8 Å². The van der Waals surface area contributed by atoms with Crippen LogP contribution in [0.15, 0.2) is 24.3 Å². The molecule has 1 aromatic rings. The largest absolute Gasteiger partial charge is 0.397 e. The van der Waals surface area contributed by atoms with Crippen molar-refractivity contribution < 1.29 is 0 Å². The predicted octanol–water partition coefficient (Wildman–Crippen LogP) is 2.72. The van der Waals surface area contributed by atoms with E-state index < -0.39 is 0 Å². The Morgan fingerprint density at radius 2 is 1.58 bits per heavy atom. The topological polar surface area (TPSA) is 32.5 Å². The van der Waals surface area contributed by atoms with Gasteiger partial charge in [0.1, 0.15) is 0 Å². The van der Waals surface area contributed by atoms with E-state index in [4.69, 9.17) is 5.73 Å². The molecule has 2 aliphatic rings. The van der Waals surface area contributed by atoms with Gasteiger partial charge in [0.15, 0.2) is 0 Å². The van der Waals surface area contributed by atoms with Crippen molar-refractivity contribution in [3.8, 4) is 0 Å². The second-order valence-electron chi connectivity index (χ2n) is 5.87. The normalized spacial score (nSPS) is 22.6. The standard InChI is InChI=1S/C16H25N3/c17-15-8-4-5-9-16(15)19-12-10-18(11-13-19)14-6-2-1-3-7-14/h4-5,8-9,14H,1-3,6-7,10-13,17H2. The quantitative estimate of drug-likeness (QED) is 0.829. The lowest BCUT2D eigenvalue weighted by Gasteiger charge is -2.41. The molecule has 0 aromatic heterocycles. The molecule has 2 fully saturated rings. The second kappa shape index (κ2) is 5.83. The molecule has 0 unspecified atom stereocenters. The maximum absolute atomic E-state index is 6.07. The third-order valence-electron chi connectivity index (χ3n) is 4.68. The van der Waals surface area contributed by atoms with Crippen molar-refractivity contribution in [2.45, 2.75) is 38.1 Å². The van der Waals surface area contributed by atoms with Gasteiger partial charge in [0.2, 0.25) is 0 Å². The van der Waals surface area contributed by atoms with E-state index in [1.807, 2.05) is 12.1 Å². The first-order valence-electron chi connectivity index (χ1n) is 7.68. The Labute approximate surface area is 116 Å². The lowest BCUT2D eigenvalue weighted by atomic mass is 9.94. The molecule has 2 N–H and O–H groups in total. The summed E-state index contributed by atoms with van der Waals surface area (Å²) in [6.45, 7) is 4.62. The zero-order valence-corrected chi connectivity index (χ0v) is 11.7. The van der Waals surface area contributed by atoms with E-state index in [0.29, 0.717) is 0 Å². The molecule has 3 rings (SSSR count). The molecule has 3 heteroatoms. The van der Waals surface area contributed by atoms with Crippen molar-refractivity contribution in [3.63, 3.8) is 0 Å². The number of nitrogen functional groups attached to an aromatic ring is 1. The van der Waals surface area contributed by atoms with Crippen LogP contribution in [-0.2, 0) is 0 Å². The smallest absolute Gasteiger partial charge is 0.0600 e. The predicted molar refractivity (Wildman–Crippen MR) is 81.5 cm³/mol. The number of rotatable bonds is 2. The molecule has 0 spiro atoms. The van der Waals surface area contributed by atoms with Crippen LogP contribution in [-0.4, -0.2) is 37.1 Å². The fraction of sp³-hybridized carbons (Fsp3) is 0.625. The Bertz CT molecular complexity index is 404. The van der Waals surface area contributed by atoms with Gasteiger partial charge in [0.05, 0.1) is 11.4 Å². The monoisotopic (exact) mass is 259 g/mol. The van der Waals surface area contributed by atoms with Crippen LogP contribution >= 0.6 is 0 Å². The summed E-state index contributed by atoms with van der Waals surface area (Å²) in [5.74, 6) is 0. The van der Waals surface area contributed by atoms with Gasteiger partial charge in [0.25, 0.3) is 0 Å². The third-order valence-corrected chi connectivity index (χ3v) is 4.68. The molecule has 0 bridgehead atoms. The zero-order chi connectivity index (χ0) is 13.1. The third kappa shape index (κ3) is 2.86. The van der Waals surface area contributed by atoms with E-state index in [2.05, 4.69) is 21.9 Å². The Kier molecular flexibility index (Phi) is 3.92. The van der Waals surface area contributed by atoms with Gasteiger partial charge >= 0.3 is 0 Å². The molecule has 0 atom stereocenters. The summed E-state index contributed by atoms with van der Waals surface area (Å²) in [6, 6.07) is 9.09. The molecule has 0 radical (unpaired) electrons. The molecule has 3 nitrogen and oxygen atoms in total. The van der Waals surface area contributed by atoms with E-state index in [1.165, 1.54) is 50.9 Å². The van der Waals surface area contributed by atoms with Gasteiger partial charge in [-0.1, -0.05) is 31.4 Å². The summed E-state index contributed by atoms with van der Waals surface area (Å²) < 4.78 is 0. The van der Waals surface area contributed by atoms with E-state index >= 15 is 0 Å². The van der Waals surface area contributed by atoms with Gasteiger partial charge in [-0.3, -0.25) is 4.90 Å². The number of benzene rings is 1. The van der Waals surface area contributed by atoms with Crippen LogP contribution < -0.4 is 10.6 Å². The highest BCUT2D eigenvalue weighted by Gasteiger charge is 2.25. The number of hydrogen-bond donors (Lipinski definition) is 1. The fourth-order valence-electron chi connectivity index (χ4n) is 3.55. The van der Waals surface area contributed by atoms with Gasteiger partial charge in [-0.15, -0.1) is 0 Å². The number of piperazine rings is 1. The molecule has 1 aromatic carbocycles. The maximum Gasteiger partial charge on any atom is 0.0600 e. The van der Waals surface area contributed by atoms with Crippen molar-refractivity contribution >= 4 is 11.4 Å². The van der Waals surface area contributed by atoms with Crippen molar-refractivity contribution in [1.29, 1.82) is 0 Å². The summed E-state index contributed by atoms with van der Waals surface area (Å²) in [4.78, 5) is 5.14. The zero-order valence-electron chi connectivity index (χ0n) is 11.7. The first-order valence-corrected chi connectivity index (χ1v) is 7.68. The minimum absolute atomic E-state index is 0.851. The van der Waals surface area contributed by atoms with E-state index in [1.54, 1.807) is 0 Å². The van der Waals surface area contributed by atoms with E-state index in [-0.39, 0.29) is 0 Å². The Morgan fingerprint density at radius 1 is 0.895 bits per heavy atom. The lowest BCUT2D eigenvalue weighted by molar-refractivity contribution is 0.148. The average molecular weight is 259 g/mol. The summed E-state index contributed by atoms with van der Waals surface area (Å²) >= 11 is 0. The summed E-state index contributed by atoms with van der Waals surface area (Å²) in [5.41, 5.74) is 8.20. The number of nitrogens with zero attached hydrogens (tertiary/aromatic N) is 2. The van der Waals surface area contributed by atoms with E-state index in [9.17, 15) is 0 Å². The summed E-state index contributed by atoms with van der Waals surface area (Å²) in [6.07, 6.45) is 7.12. The molecule has 1 saturated heterocycles. The SMILES string of the molecule is Nc1ccccc1N1CCN(C2CCCCC2)CC1. The lowest BCUT2D eigenvalue weighted by Crippen LogP contribution is -2.51. The first kappa shape index (κ1) is 12.8. The highest BCUT2D eigenvalue weighted by atomic mass is 15.3. The number of hydrogen-bond acceptors (Lipinski definition) is 3. The van der Waals surface area contributed by atoms with Crippen LogP contribution in [0.4, 0.5) is 11.4 Å². The van der Waals surface area contributed by atoms with Crippen LogP contribution in [0.2, 0.25) is 0 Å². The molecule has 1 aliphatic carbocycles. The van der Waals surface area contributed by atoms with Gasteiger partial charge in [0, 0.05) is 32.2 Å². The molecule has 1 aliphatic heterocycles. The van der Waals surface area contributed by atoms with Crippen LogP contribution in [0, 0.1) is 0 Å². The molecular weight excluding hydrogens is 234 g/mol. The molecular formula is C16H25N3. The Morgan fingerprint density at radius 3 is 2.26 bits per heavy atom. The molecule has 1 heterocycles. The molecule has 0 amide bonds. The summed E-state index contributed by atoms with van der Waals surface area (Å²) in [7, 11) is 0. The second-order valence-corrected chi connectivity index (χ2v) is 5.87. The number of anilines is 2. The molecule has 104 valence electrons. The highest BCUT2D eigenvalue weighted by Crippen LogP contribution is 2.27. The Hall–Kier alpha value is -1.22. The first-order chi connectivity index (χ1) is 9.34. The van der Waals surface area contributed by atoms with Crippen molar-refractivity contribution in [1.82, 2.24) is 4.90 Å². The van der Waals surface area contributed by atoms with Crippen molar-refractivity contribution in [2.75, 3.05) is 36.8 Å². The van der Waals surface area contributed by atoms with Crippen LogP contribution in [0.25, 0.3) is 0 Å². The minimum atomic E-state index is 0.851. The minimum Gasteiger partial charge on any atom is -0.397 e. The fourth-order valence-corrected chi connectivity index (χ4v) is 3.55. The highest BCUT2D eigenvalue weighted by molar-refractivity contribution is 5.67.